The molecule has 1 aliphatic heterocycles. The third-order valence-corrected chi connectivity index (χ3v) is 5.28. The van der Waals surface area contributed by atoms with Crippen molar-refractivity contribution in [3.63, 3.8) is 0 Å². The van der Waals surface area contributed by atoms with Crippen molar-refractivity contribution in [2.24, 2.45) is 0 Å². The van der Waals surface area contributed by atoms with Gasteiger partial charge < -0.3 is 19.5 Å². The molecule has 2 N–H and O–H groups in total. The maximum atomic E-state index is 13.4. The Balaban J connectivity index is 1.74. The summed E-state index contributed by atoms with van der Waals surface area (Å²) in [4.78, 5) is 25.5. The molecule has 2 aromatic carbocycles. The second kappa shape index (κ2) is 7.47. The number of aromatic nitrogens is 1. The van der Waals surface area contributed by atoms with Crippen LogP contribution in [0.4, 0.5) is 0 Å². The van der Waals surface area contributed by atoms with E-state index in [-0.39, 0.29) is 29.2 Å². The fourth-order valence-electron chi connectivity index (χ4n) is 3.80. The van der Waals surface area contributed by atoms with Gasteiger partial charge in [-0.15, -0.1) is 0 Å². The van der Waals surface area contributed by atoms with Crippen molar-refractivity contribution in [1.82, 2.24) is 4.57 Å². The molecule has 0 radical (unpaired) electrons. The number of carbonyl (C=O) groups excluding carboxylic acids is 1. The quantitative estimate of drug-likeness (QED) is 0.667. The fourth-order valence-corrected chi connectivity index (χ4v) is 3.80. The minimum atomic E-state index is -0.466. The molecule has 0 saturated heterocycles. The zero-order valence-corrected chi connectivity index (χ0v) is 16.0. The monoisotopic (exact) mass is 391 g/mol. The molecule has 0 bridgehead atoms. The van der Waals surface area contributed by atoms with E-state index in [1.807, 2.05) is 19.1 Å². The molecule has 0 spiro atoms. The largest absolute Gasteiger partial charge is 0.508 e. The van der Waals surface area contributed by atoms with Crippen molar-refractivity contribution >= 4 is 5.97 Å². The number of benzene rings is 2. The van der Waals surface area contributed by atoms with Crippen molar-refractivity contribution in [1.29, 1.82) is 0 Å². The highest BCUT2D eigenvalue weighted by Crippen LogP contribution is 2.37. The van der Waals surface area contributed by atoms with Crippen LogP contribution in [0.3, 0.4) is 0 Å². The van der Waals surface area contributed by atoms with Gasteiger partial charge in [0.15, 0.2) is 0 Å². The highest BCUT2D eigenvalue weighted by Gasteiger charge is 2.32. The lowest BCUT2D eigenvalue weighted by atomic mass is 9.87. The summed E-state index contributed by atoms with van der Waals surface area (Å²) in [5, 5.41) is 19.3. The molecule has 0 saturated carbocycles. The Hall–Kier alpha value is -3.54. The van der Waals surface area contributed by atoms with E-state index < -0.39 is 11.9 Å². The lowest BCUT2D eigenvalue weighted by Gasteiger charge is -2.26. The molecule has 4 rings (SSSR count). The number of nitrogens with zero attached hydrogens (tertiary/aromatic N) is 1. The lowest BCUT2D eigenvalue weighted by Crippen LogP contribution is -2.33. The van der Waals surface area contributed by atoms with Crippen LogP contribution in [0, 0.1) is 6.92 Å². The molecule has 0 fully saturated rings. The molecule has 0 aliphatic carbocycles. The van der Waals surface area contributed by atoms with Gasteiger partial charge in [0.05, 0.1) is 12.0 Å². The molecule has 29 heavy (non-hydrogen) atoms. The van der Waals surface area contributed by atoms with Gasteiger partial charge in [0.2, 0.25) is 0 Å². The van der Waals surface area contributed by atoms with Gasteiger partial charge in [0.25, 0.3) is 5.56 Å². The van der Waals surface area contributed by atoms with Crippen molar-refractivity contribution in [2.45, 2.75) is 32.2 Å². The Morgan fingerprint density at radius 2 is 1.79 bits per heavy atom. The maximum Gasteiger partial charge on any atom is 0.312 e. The molecular weight excluding hydrogens is 370 g/mol. The van der Waals surface area contributed by atoms with Crippen LogP contribution in [0.15, 0.2) is 59.4 Å². The van der Waals surface area contributed by atoms with E-state index in [2.05, 4.69) is 0 Å². The fraction of sp³-hybridized carbons (Fsp3) is 0.217. The Kier molecular flexibility index (Phi) is 4.84. The molecule has 6 heteroatoms. The Morgan fingerprint density at radius 3 is 2.52 bits per heavy atom. The minimum absolute atomic E-state index is 0.0483. The van der Waals surface area contributed by atoms with E-state index in [1.165, 1.54) is 0 Å². The lowest BCUT2D eigenvalue weighted by molar-refractivity contribution is -0.135. The van der Waals surface area contributed by atoms with E-state index in [1.54, 1.807) is 47.0 Å². The van der Waals surface area contributed by atoms with Crippen LogP contribution in [0.1, 0.15) is 34.7 Å². The Bertz CT molecular complexity index is 1130. The van der Waals surface area contributed by atoms with E-state index in [0.717, 1.165) is 5.56 Å². The number of pyridine rings is 1. The van der Waals surface area contributed by atoms with Crippen molar-refractivity contribution in [2.75, 3.05) is 0 Å². The van der Waals surface area contributed by atoms with Gasteiger partial charge in [0.1, 0.15) is 17.2 Å². The second-order valence-corrected chi connectivity index (χ2v) is 7.26. The van der Waals surface area contributed by atoms with Crippen LogP contribution in [-0.4, -0.2) is 20.7 Å². The Morgan fingerprint density at radius 1 is 1.03 bits per heavy atom. The summed E-state index contributed by atoms with van der Waals surface area (Å²) in [5.41, 5.74) is 2.65. The predicted octanol–water partition coefficient (Wildman–Crippen LogP) is 3.25. The van der Waals surface area contributed by atoms with Crippen LogP contribution in [0.5, 0.6) is 17.2 Å². The third-order valence-electron chi connectivity index (χ3n) is 5.28. The van der Waals surface area contributed by atoms with Crippen LogP contribution >= 0.6 is 0 Å². The summed E-state index contributed by atoms with van der Waals surface area (Å²) in [6, 6.07) is 15.2. The number of phenolic OH excluding ortho intramolecular Hbond substituents is 2. The maximum absolute atomic E-state index is 13.4. The highest BCUT2D eigenvalue weighted by molar-refractivity contribution is 5.77. The van der Waals surface area contributed by atoms with Gasteiger partial charge in [0, 0.05) is 24.2 Å². The molecule has 1 atom stereocenters. The first-order valence-electron chi connectivity index (χ1n) is 9.44. The summed E-state index contributed by atoms with van der Waals surface area (Å²) in [6.07, 6.45) is 0.670. The average Bonchev–Trinajstić information content (AvgIpc) is 2.68. The molecule has 1 aromatic heterocycles. The molecular formula is C23H21NO5. The highest BCUT2D eigenvalue weighted by atomic mass is 16.5. The number of hydrogen-bond acceptors (Lipinski definition) is 5. The molecule has 0 unspecified atom stereocenters. The number of phenols is 2. The van der Waals surface area contributed by atoms with Crippen LogP contribution in [-0.2, 0) is 17.8 Å². The average molecular weight is 391 g/mol. The number of aryl methyl sites for hydroxylation is 2. The van der Waals surface area contributed by atoms with Gasteiger partial charge >= 0.3 is 5.97 Å². The predicted molar refractivity (Wildman–Crippen MR) is 107 cm³/mol. The first-order valence-corrected chi connectivity index (χ1v) is 9.44. The van der Waals surface area contributed by atoms with E-state index in [9.17, 15) is 19.8 Å². The van der Waals surface area contributed by atoms with Crippen molar-refractivity contribution in [3.05, 3.63) is 87.3 Å². The number of rotatable bonds is 4. The summed E-state index contributed by atoms with van der Waals surface area (Å²) >= 11 is 0. The van der Waals surface area contributed by atoms with E-state index in [0.29, 0.717) is 29.8 Å². The van der Waals surface area contributed by atoms with Gasteiger partial charge in [-0.1, -0.05) is 24.3 Å². The van der Waals surface area contributed by atoms with Gasteiger partial charge in [-0.25, -0.2) is 0 Å². The van der Waals surface area contributed by atoms with Crippen LogP contribution in [0.2, 0.25) is 0 Å². The number of hydrogen-bond donors (Lipinski definition) is 2. The molecule has 0 amide bonds. The SMILES string of the molecule is Cc1cc2c(c(=O)n1CCc1ccc(O)cc1)[C@H](c1cccc(O)c1)CC(=O)O2. The van der Waals surface area contributed by atoms with Crippen LogP contribution in [0.25, 0.3) is 0 Å². The second-order valence-electron chi connectivity index (χ2n) is 7.26. The number of esters is 1. The molecule has 2 heterocycles. The zero-order valence-electron chi connectivity index (χ0n) is 16.0. The summed E-state index contributed by atoms with van der Waals surface area (Å²) in [5.74, 6) is -0.287. The smallest absolute Gasteiger partial charge is 0.312 e. The van der Waals surface area contributed by atoms with Gasteiger partial charge in [-0.3, -0.25) is 9.59 Å². The van der Waals surface area contributed by atoms with Crippen LogP contribution < -0.4 is 10.3 Å². The van der Waals surface area contributed by atoms with Gasteiger partial charge in [-0.2, -0.15) is 0 Å². The first-order chi connectivity index (χ1) is 13.9. The van der Waals surface area contributed by atoms with Crippen molar-refractivity contribution < 1.29 is 19.7 Å². The molecule has 148 valence electrons. The number of ether oxygens (including phenoxy) is 1. The number of fused-ring (bicyclic) bond motifs is 1. The molecule has 3 aromatic rings. The van der Waals surface area contributed by atoms with E-state index >= 15 is 0 Å². The molecule has 1 aliphatic rings. The zero-order chi connectivity index (χ0) is 20.5. The summed E-state index contributed by atoms with van der Waals surface area (Å²) in [6.45, 7) is 2.27. The molecule has 6 nitrogen and oxygen atoms in total. The minimum Gasteiger partial charge on any atom is -0.508 e. The van der Waals surface area contributed by atoms with Crippen molar-refractivity contribution in [3.8, 4) is 17.2 Å². The van der Waals surface area contributed by atoms with Gasteiger partial charge in [-0.05, 0) is 48.7 Å². The summed E-state index contributed by atoms with van der Waals surface area (Å²) in [7, 11) is 0. The Labute approximate surface area is 167 Å². The topological polar surface area (TPSA) is 88.8 Å². The summed E-state index contributed by atoms with van der Waals surface area (Å²) < 4.78 is 7.05. The number of aromatic hydroxyl groups is 2. The van der Waals surface area contributed by atoms with E-state index in [4.69, 9.17) is 4.74 Å². The third kappa shape index (κ3) is 3.74. The first kappa shape index (κ1) is 18.8. The standard InChI is InChI=1S/C23H21NO5/c1-14-11-20-22(19(13-21(27)29-20)16-3-2-4-18(26)12-16)23(28)24(14)10-9-15-5-7-17(25)8-6-15/h2-8,11-12,19,25-26H,9-10,13H2,1H3/t19-/m0/s1. The number of carbonyl (C=O) groups is 1. The normalized spacial score (nSPS) is 15.6.